The van der Waals surface area contributed by atoms with Crippen LogP contribution in [0.15, 0.2) is 81.1 Å². The minimum atomic E-state index is -0.290. The van der Waals surface area contributed by atoms with Crippen LogP contribution >= 0.6 is 0 Å². The molecule has 0 atom stereocenters. The number of halogens is 1. The van der Waals surface area contributed by atoms with Crippen LogP contribution in [0.25, 0.3) is 0 Å². The lowest BCUT2D eigenvalue weighted by Crippen LogP contribution is -2.17. The molecular formula is C24H24FN5. The fraction of sp³-hybridized carbons (Fsp3) is 0.250. The lowest BCUT2D eigenvalue weighted by atomic mass is 10.1. The summed E-state index contributed by atoms with van der Waals surface area (Å²) in [6, 6.07) is 18.0. The first-order valence-electron chi connectivity index (χ1n) is 10.1. The second kappa shape index (κ2) is 8.95. The van der Waals surface area contributed by atoms with Gasteiger partial charge in [0.15, 0.2) is 0 Å². The monoisotopic (exact) mass is 401 g/mol. The number of anilines is 1. The maximum absolute atomic E-state index is 13.0. The summed E-state index contributed by atoms with van der Waals surface area (Å²) >= 11 is 0. The second-order valence-corrected chi connectivity index (χ2v) is 7.51. The van der Waals surface area contributed by atoms with Crippen molar-refractivity contribution in [3.05, 3.63) is 77.6 Å². The predicted molar refractivity (Wildman–Crippen MR) is 119 cm³/mol. The van der Waals surface area contributed by atoms with Gasteiger partial charge in [-0.2, -0.15) is 20.5 Å². The molecule has 152 valence electrons. The van der Waals surface area contributed by atoms with Gasteiger partial charge in [0.2, 0.25) is 0 Å². The van der Waals surface area contributed by atoms with Gasteiger partial charge in [-0.05, 0) is 98.5 Å². The maximum atomic E-state index is 13.0. The molecule has 0 N–H and O–H groups in total. The molecular weight excluding hydrogens is 377 g/mol. The molecule has 1 heterocycles. The van der Waals surface area contributed by atoms with E-state index in [0.717, 1.165) is 41.3 Å². The van der Waals surface area contributed by atoms with Gasteiger partial charge in [0.1, 0.15) is 5.82 Å². The van der Waals surface area contributed by atoms with E-state index < -0.39 is 0 Å². The first-order valence-corrected chi connectivity index (χ1v) is 10.1. The van der Waals surface area contributed by atoms with Gasteiger partial charge in [-0.25, -0.2) is 4.39 Å². The van der Waals surface area contributed by atoms with E-state index in [9.17, 15) is 4.39 Å². The van der Waals surface area contributed by atoms with Crippen LogP contribution in [0.4, 0.5) is 32.8 Å². The highest BCUT2D eigenvalue weighted by Crippen LogP contribution is 2.31. The Morgan fingerprint density at radius 2 is 1.13 bits per heavy atom. The Labute approximate surface area is 176 Å². The minimum absolute atomic E-state index is 0.290. The molecule has 3 aromatic rings. The van der Waals surface area contributed by atoms with Gasteiger partial charge in [-0.15, -0.1) is 0 Å². The molecule has 1 saturated heterocycles. The third kappa shape index (κ3) is 4.76. The fourth-order valence-corrected chi connectivity index (χ4v) is 3.44. The highest BCUT2D eigenvalue weighted by Gasteiger charge is 2.11. The Bertz CT molecular complexity index is 1070. The van der Waals surface area contributed by atoms with Gasteiger partial charge in [-0.1, -0.05) is 0 Å². The molecule has 1 aliphatic heterocycles. The average Bonchev–Trinajstić information content (AvgIpc) is 3.29. The van der Waals surface area contributed by atoms with Crippen LogP contribution in [0, 0.1) is 19.7 Å². The lowest BCUT2D eigenvalue weighted by Gasteiger charge is -2.17. The molecule has 0 aliphatic carbocycles. The Hall–Kier alpha value is -3.41. The molecule has 1 fully saturated rings. The van der Waals surface area contributed by atoms with Crippen molar-refractivity contribution < 1.29 is 4.39 Å². The molecule has 0 bridgehead atoms. The van der Waals surface area contributed by atoms with Gasteiger partial charge >= 0.3 is 0 Å². The summed E-state index contributed by atoms with van der Waals surface area (Å²) in [4.78, 5) is 2.40. The van der Waals surface area contributed by atoms with Crippen LogP contribution < -0.4 is 4.90 Å². The Morgan fingerprint density at radius 1 is 0.667 bits per heavy atom. The molecule has 1 aliphatic rings. The highest BCUT2D eigenvalue weighted by atomic mass is 19.1. The van der Waals surface area contributed by atoms with Crippen molar-refractivity contribution in [1.29, 1.82) is 0 Å². The Morgan fingerprint density at radius 3 is 1.63 bits per heavy atom. The molecule has 0 amide bonds. The predicted octanol–water partition coefficient (Wildman–Crippen LogP) is 7.87. The van der Waals surface area contributed by atoms with E-state index in [-0.39, 0.29) is 5.82 Å². The molecule has 3 aromatic carbocycles. The SMILES string of the molecule is Cc1cc(/N=N/c2ccc(N3CCCC3)cc2)c(C)cc1/N=N/c1ccc(F)cc1. The summed E-state index contributed by atoms with van der Waals surface area (Å²) in [6.07, 6.45) is 2.53. The summed E-state index contributed by atoms with van der Waals surface area (Å²) in [5.74, 6) is -0.290. The first-order chi connectivity index (χ1) is 14.6. The number of azo groups is 2. The Balaban J connectivity index is 1.48. The lowest BCUT2D eigenvalue weighted by molar-refractivity contribution is 0.628. The summed E-state index contributed by atoms with van der Waals surface area (Å²) in [6.45, 7) is 6.19. The van der Waals surface area contributed by atoms with Gasteiger partial charge in [-0.3, -0.25) is 0 Å². The van der Waals surface area contributed by atoms with E-state index in [1.165, 1.54) is 30.7 Å². The molecule has 6 heteroatoms. The minimum Gasteiger partial charge on any atom is -0.372 e. The number of benzene rings is 3. The van der Waals surface area contributed by atoms with Gasteiger partial charge in [0, 0.05) is 18.8 Å². The first kappa shape index (κ1) is 19.9. The quantitative estimate of drug-likeness (QED) is 0.401. The molecule has 0 saturated carbocycles. The summed E-state index contributed by atoms with van der Waals surface area (Å²) in [5, 5.41) is 17.3. The van der Waals surface area contributed by atoms with Crippen LogP contribution in [0.3, 0.4) is 0 Å². The van der Waals surface area contributed by atoms with Crippen LogP contribution in [0.2, 0.25) is 0 Å². The van der Waals surface area contributed by atoms with Crippen LogP contribution in [0.5, 0.6) is 0 Å². The summed E-state index contributed by atoms with van der Waals surface area (Å²) in [5.41, 5.74) is 6.15. The number of rotatable bonds is 5. The van der Waals surface area contributed by atoms with Gasteiger partial charge in [0.25, 0.3) is 0 Å². The van der Waals surface area contributed by atoms with Crippen molar-refractivity contribution in [2.75, 3.05) is 18.0 Å². The molecule has 30 heavy (non-hydrogen) atoms. The number of nitrogens with zero attached hydrogens (tertiary/aromatic N) is 5. The van der Waals surface area contributed by atoms with Crippen LogP contribution in [-0.4, -0.2) is 13.1 Å². The second-order valence-electron chi connectivity index (χ2n) is 7.51. The van der Waals surface area contributed by atoms with Crippen molar-refractivity contribution in [3.63, 3.8) is 0 Å². The normalized spacial score (nSPS) is 14.3. The third-order valence-corrected chi connectivity index (χ3v) is 5.21. The maximum Gasteiger partial charge on any atom is 0.123 e. The molecule has 5 nitrogen and oxygen atoms in total. The zero-order chi connectivity index (χ0) is 20.9. The zero-order valence-electron chi connectivity index (χ0n) is 17.2. The van der Waals surface area contributed by atoms with E-state index >= 15 is 0 Å². The largest absolute Gasteiger partial charge is 0.372 e. The number of hydrogen-bond acceptors (Lipinski definition) is 5. The van der Waals surface area contributed by atoms with Crippen molar-refractivity contribution >= 4 is 28.4 Å². The van der Waals surface area contributed by atoms with E-state index in [1.54, 1.807) is 12.1 Å². The summed E-state index contributed by atoms with van der Waals surface area (Å²) < 4.78 is 13.0. The van der Waals surface area contributed by atoms with Crippen molar-refractivity contribution in [3.8, 4) is 0 Å². The van der Waals surface area contributed by atoms with E-state index in [4.69, 9.17) is 0 Å². The van der Waals surface area contributed by atoms with Crippen molar-refractivity contribution in [1.82, 2.24) is 0 Å². The summed E-state index contributed by atoms with van der Waals surface area (Å²) in [7, 11) is 0. The van der Waals surface area contributed by atoms with Crippen LogP contribution in [0.1, 0.15) is 24.0 Å². The van der Waals surface area contributed by atoms with Crippen molar-refractivity contribution in [2.45, 2.75) is 26.7 Å². The molecule has 4 rings (SSSR count). The van der Waals surface area contributed by atoms with Crippen molar-refractivity contribution in [2.24, 2.45) is 20.5 Å². The topological polar surface area (TPSA) is 52.7 Å². The zero-order valence-corrected chi connectivity index (χ0v) is 17.2. The van der Waals surface area contributed by atoms with E-state index in [0.29, 0.717) is 5.69 Å². The van der Waals surface area contributed by atoms with Gasteiger partial charge in [0.05, 0.1) is 22.7 Å². The number of hydrogen-bond donors (Lipinski definition) is 0. The number of aryl methyl sites for hydroxylation is 2. The molecule has 0 radical (unpaired) electrons. The molecule has 0 spiro atoms. The van der Waals surface area contributed by atoms with E-state index in [1.807, 2.05) is 38.1 Å². The fourth-order valence-electron chi connectivity index (χ4n) is 3.44. The average molecular weight is 401 g/mol. The third-order valence-electron chi connectivity index (χ3n) is 5.21. The Kier molecular flexibility index (Phi) is 5.93. The molecule has 0 aromatic heterocycles. The molecule has 0 unspecified atom stereocenters. The smallest absolute Gasteiger partial charge is 0.123 e. The standard InChI is InChI=1S/C24H24FN5/c1-17-16-24(18(2)15-23(17)28-26-20-7-5-19(25)6-8-20)29-27-21-9-11-22(12-10-21)30-13-3-4-14-30/h5-12,15-16H,3-4,13-14H2,1-2H3/b28-26+,29-27+. The highest BCUT2D eigenvalue weighted by molar-refractivity contribution is 5.59. The van der Waals surface area contributed by atoms with Gasteiger partial charge < -0.3 is 4.90 Å². The van der Waals surface area contributed by atoms with E-state index in [2.05, 4.69) is 37.5 Å². The van der Waals surface area contributed by atoms with Crippen LogP contribution in [-0.2, 0) is 0 Å².